The number of nitrogens with zero attached hydrogens (tertiary/aromatic N) is 1. The predicted octanol–water partition coefficient (Wildman–Crippen LogP) is 3.31. The fourth-order valence-electron chi connectivity index (χ4n) is 2.18. The van der Waals surface area contributed by atoms with E-state index >= 15 is 0 Å². The van der Waals surface area contributed by atoms with Gasteiger partial charge in [-0.2, -0.15) is 0 Å². The molecular formula is C15H24IN3O. The molecule has 112 valence electrons. The SMILES string of the molecule is CCNC(=NCc1ccoc1)NCC1CC=CCC1.I. The second-order valence-electron chi connectivity index (χ2n) is 4.86. The van der Waals surface area contributed by atoms with Crippen LogP contribution < -0.4 is 10.6 Å². The van der Waals surface area contributed by atoms with Gasteiger partial charge in [0.2, 0.25) is 0 Å². The van der Waals surface area contributed by atoms with Crippen molar-refractivity contribution in [3.8, 4) is 0 Å². The quantitative estimate of drug-likeness (QED) is 0.352. The van der Waals surface area contributed by atoms with Gasteiger partial charge < -0.3 is 15.1 Å². The van der Waals surface area contributed by atoms with Crippen molar-refractivity contribution in [2.45, 2.75) is 32.7 Å². The number of hydrogen-bond donors (Lipinski definition) is 2. The van der Waals surface area contributed by atoms with Gasteiger partial charge in [-0.3, -0.25) is 0 Å². The van der Waals surface area contributed by atoms with Gasteiger partial charge in [-0.25, -0.2) is 4.99 Å². The van der Waals surface area contributed by atoms with E-state index in [1.54, 1.807) is 12.5 Å². The summed E-state index contributed by atoms with van der Waals surface area (Å²) >= 11 is 0. The summed E-state index contributed by atoms with van der Waals surface area (Å²) in [5.74, 6) is 1.61. The summed E-state index contributed by atoms with van der Waals surface area (Å²) in [5, 5.41) is 6.70. The summed E-state index contributed by atoms with van der Waals surface area (Å²) in [5.41, 5.74) is 1.10. The third kappa shape index (κ3) is 5.98. The molecular weight excluding hydrogens is 365 g/mol. The highest BCUT2D eigenvalue weighted by Crippen LogP contribution is 2.16. The van der Waals surface area contributed by atoms with Gasteiger partial charge in [0.1, 0.15) is 0 Å². The van der Waals surface area contributed by atoms with Crippen molar-refractivity contribution in [1.29, 1.82) is 0 Å². The van der Waals surface area contributed by atoms with Crippen molar-refractivity contribution in [2.75, 3.05) is 13.1 Å². The van der Waals surface area contributed by atoms with Crippen molar-refractivity contribution in [3.63, 3.8) is 0 Å². The predicted molar refractivity (Wildman–Crippen MR) is 93.4 cm³/mol. The molecule has 0 saturated carbocycles. The number of halogens is 1. The molecule has 20 heavy (non-hydrogen) atoms. The normalized spacial score (nSPS) is 18.4. The zero-order valence-electron chi connectivity index (χ0n) is 12.0. The summed E-state index contributed by atoms with van der Waals surface area (Å²) in [6.07, 6.45) is 11.6. The Bertz CT molecular complexity index is 415. The van der Waals surface area contributed by atoms with Crippen LogP contribution in [0.5, 0.6) is 0 Å². The van der Waals surface area contributed by atoms with Crippen LogP contribution in [0.2, 0.25) is 0 Å². The van der Waals surface area contributed by atoms with Crippen molar-refractivity contribution < 1.29 is 4.42 Å². The molecule has 1 atom stereocenters. The molecule has 0 aliphatic heterocycles. The van der Waals surface area contributed by atoms with Crippen LogP contribution in [0.3, 0.4) is 0 Å². The number of guanidine groups is 1. The van der Waals surface area contributed by atoms with Crippen molar-refractivity contribution in [3.05, 3.63) is 36.3 Å². The summed E-state index contributed by atoms with van der Waals surface area (Å²) in [6.45, 7) is 4.60. The minimum atomic E-state index is 0. The van der Waals surface area contributed by atoms with Gasteiger partial charge in [-0.05, 0) is 38.2 Å². The van der Waals surface area contributed by atoms with Crippen LogP contribution in [0.25, 0.3) is 0 Å². The van der Waals surface area contributed by atoms with E-state index in [-0.39, 0.29) is 24.0 Å². The second-order valence-corrected chi connectivity index (χ2v) is 4.86. The van der Waals surface area contributed by atoms with Gasteiger partial charge in [0.25, 0.3) is 0 Å². The molecule has 0 aromatic carbocycles. The number of aliphatic imine (C=N–C) groups is 1. The van der Waals surface area contributed by atoms with Gasteiger partial charge >= 0.3 is 0 Å². The van der Waals surface area contributed by atoms with Crippen molar-refractivity contribution >= 4 is 29.9 Å². The van der Waals surface area contributed by atoms with E-state index in [2.05, 4.69) is 34.7 Å². The van der Waals surface area contributed by atoms with Crippen LogP contribution in [0.4, 0.5) is 0 Å². The number of rotatable bonds is 5. The molecule has 0 bridgehead atoms. The number of allylic oxidation sites excluding steroid dienone is 2. The Morgan fingerprint density at radius 1 is 1.40 bits per heavy atom. The van der Waals surface area contributed by atoms with E-state index in [4.69, 9.17) is 4.42 Å². The maximum Gasteiger partial charge on any atom is 0.191 e. The van der Waals surface area contributed by atoms with Crippen LogP contribution in [-0.4, -0.2) is 19.0 Å². The lowest BCUT2D eigenvalue weighted by Crippen LogP contribution is -2.39. The molecule has 1 unspecified atom stereocenters. The molecule has 1 aromatic rings. The first-order valence-electron chi connectivity index (χ1n) is 7.06. The zero-order valence-corrected chi connectivity index (χ0v) is 14.3. The van der Waals surface area contributed by atoms with Gasteiger partial charge in [-0.15, -0.1) is 24.0 Å². The minimum absolute atomic E-state index is 0. The van der Waals surface area contributed by atoms with Crippen LogP contribution in [0, 0.1) is 5.92 Å². The highest BCUT2D eigenvalue weighted by Gasteiger charge is 2.10. The molecule has 1 aromatic heterocycles. The third-order valence-electron chi connectivity index (χ3n) is 3.28. The molecule has 5 heteroatoms. The topological polar surface area (TPSA) is 49.6 Å². The standard InChI is InChI=1S/C15H23N3O.HI/c1-2-16-15(18-11-14-8-9-19-12-14)17-10-13-6-4-3-5-7-13;/h3-4,8-9,12-13H,2,5-7,10-11H2,1H3,(H2,16,17,18);1H. The van der Waals surface area contributed by atoms with Crippen molar-refractivity contribution in [2.24, 2.45) is 10.9 Å². The first-order valence-corrected chi connectivity index (χ1v) is 7.06. The Morgan fingerprint density at radius 3 is 2.95 bits per heavy atom. The summed E-state index contributed by atoms with van der Waals surface area (Å²) in [4.78, 5) is 4.56. The average molecular weight is 389 g/mol. The molecule has 1 aliphatic rings. The summed E-state index contributed by atoms with van der Waals surface area (Å²) < 4.78 is 5.04. The Hall–Kier alpha value is -0.980. The molecule has 0 radical (unpaired) electrons. The largest absolute Gasteiger partial charge is 0.472 e. The summed E-state index contributed by atoms with van der Waals surface area (Å²) in [7, 11) is 0. The van der Waals surface area contributed by atoms with Gasteiger partial charge in [0, 0.05) is 18.7 Å². The Kier molecular flexibility index (Phi) is 8.41. The molecule has 2 N–H and O–H groups in total. The van der Waals surface area contributed by atoms with Crippen LogP contribution in [0.1, 0.15) is 31.7 Å². The Balaban J connectivity index is 0.00000200. The molecule has 1 aliphatic carbocycles. The average Bonchev–Trinajstić information content (AvgIpc) is 2.96. The van der Waals surface area contributed by atoms with E-state index < -0.39 is 0 Å². The third-order valence-corrected chi connectivity index (χ3v) is 3.28. The maximum atomic E-state index is 5.04. The highest BCUT2D eigenvalue weighted by atomic mass is 127. The van der Waals surface area contributed by atoms with E-state index in [0.29, 0.717) is 6.54 Å². The fourth-order valence-corrected chi connectivity index (χ4v) is 2.18. The van der Waals surface area contributed by atoms with Gasteiger partial charge in [0.05, 0.1) is 19.1 Å². The van der Waals surface area contributed by atoms with E-state index in [1.807, 2.05) is 6.07 Å². The lowest BCUT2D eigenvalue weighted by molar-refractivity contribution is 0.469. The lowest BCUT2D eigenvalue weighted by atomic mass is 9.94. The molecule has 0 fully saturated rings. The van der Waals surface area contributed by atoms with Crippen LogP contribution in [0.15, 0.2) is 40.2 Å². The smallest absolute Gasteiger partial charge is 0.191 e. The molecule has 0 spiro atoms. The van der Waals surface area contributed by atoms with E-state index in [1.165, 1.54) is 19.3 Å². The number of nitrogens with one attached hydrogen (secondary N) is 2. The first kappa shape index (κ1) is 17.1. The molecule has 4 nitrogen and oxygen atoms in total. The van der Waals surface area contributed by atoms with Crippen LogP contribution >= 0.6 is 24.0 Å². The molecule has 0 amide bonds. The van der Waals surface area contributed by atoms with Gasteiger partial charge in [0.15, 0.2) is 5.96 Å². The molecule has 0 saturated heterocycles. The Labute approximate surface area is 138 Å². The Morgan fingerprint density at radius 2 is 2.30 bits per heavy atom. The first-order chi connectivity index (χ1) is 9.38. The lowest BCUT2D eigenvalue weighted by Gasteiger charge is -2.19. The molecule has 2 rings (SSSR count). The highest BCUT2D eigenvalue weighted by molar-refractivity contribution is 14.0. The number of furan rings is 1. The monoisotopic (exact) mass is 389 g/mol. The number of hydrogen-bond acceptors (Lipinski definition) is 2. The summed E-state index contributed by atoms with van der Waals surface area (Å²) in [6, 6.07) is 1.94. The van der Waals surface area contributed by atoms with Crippen molar-refractivity contribution in [1.82, 2.24) is 10.6 Å². The molecule has 1 heterocycles. The minimum Gasteiger partial charge on any atom is -0.472 e. The van der Waals surface area contributed by atoms with Gasteiger partial charge in [-0.1, -0.05) is 12.2 Å². The van der Waals surface area contributed by atoms with E-state index in [0.717, 1.165) is 30.5 Å². The van der Waals surface area contributed by atoms with E-state index in [9.17, 15) is 0 Å². The fraction of sp³-hybridized carbons (Fsp3) is 0.533. The van der Waals surface area contributed by atoms with Crippen LogP contribution in [-0.2, 0) is 6.54 Å². The second kappa shape index (κ2) is 9.85. The maximum absolute atomic E-state index is 5.04. The zero-order chi connectivity index (χ0) is 13.3.